The molecule has 2 aromatic rings. The molecule has 0 aliphatic carbocycles. The summed E-state index contributed by atoms with van der Waals surface area (Å²) in [4.78, 5) is 8.53. The molecule has 4 nitrogen and oxygen atoms in total. The number of aromatic nitrogens is 2. The topological polar surface area (TPSA) is 47.0 Å². The van der Waals surface area contributed by atoms with Crippen LogP contribution in [0.1, 0.15) is 44.4 Å². The minimum absolute atomic E-state index is 0.0851. The first-order chi connectivity index (χ1) is 10.2. The summed E-state index contributed by atoms with van der Waals surface area (Å²) >= 11 is 0. The molecule has 1 atom stereocenters. The fraction of sp³-hybridized carbons (Fsp3) is 0.412. The van der Waals surface area contributed by atoms with Gasteiger partial charge in [0.1, 0.15) is 5.75 Å². The molecule has 2 heterocycles. The quantitative estimate of drug-likeness (QED) is 0.847. The van der Waals surface area contributed by atoms with Crippen molar-refractivity contribution in [2.24, 2.45) is 0 Å². The van der Waals surface area contributed by atoms with Crippen molar-refractivity contribution in [2.75, 3.05) is 6.54 Å². The van der Waals surface area contributed by atoms with E-state index in [4.69, 9.17) is 4.74 Å². The Hall–Kier alpha value is -1.94. The lowest BCUT2D eigenvalue weighted by Crippen LogP contribution is -2.23. The lowest BCUT2D eigenvalue weighted by Gasteiger charge is -2.20. The van der Waals surface area contributed by atoms with E-state index in [0.29, 0.717) is 0 Å². The maximum absolute atomic E-state index is 5.74. The SMILES string of the molecule is CCCNC(c1cccnc1)c1cncc(OC(C)C)c1. The van der Waals surface area contributed by atoms with Gasteiger partial charge < -0.3 is 10.1 Å². The molecule has 0 aliphatic heterocycles. The zero-order valence-corrected chi connectivity index (χ0v) is 12.9. The molecule has 0 amide bonds. The molecule has 1 N–H and O–H groups in total. The monoisotopic (exact) mass is 285 g/mol. The van der Waals surface area contributed by atoms with Gasteiger partial charge in [0.15, 0.2) is 0 Å². The normalized spacial score (nSPS) is 12.4. The maximum atomic E-state index is 5.74. The molecule has 0 spiro atoms. The number of nitrogens with zero attached hydrogens (tertiary/aromatic N) is 2. The molecular formula is C17H23N3O. The van der Waals surface area contributed by atoms with E-state index < -0.39 is 0 Å². The largest absolute Gasteiger partial charge is 0.489 e. The summed E-state index contributed by atoms with van der Waals surface area (Å²) in [6, 6.07) is 6.17. The van der Waals surface area contributed by atoms with Crippen LogP contribution in [0.5, 0.6) is 5.75 Å². The third kappa shape index (κ3) is 4.53. The number of hydrogen-bond acceptors (Lipinski definition) is 4. The summed E-state index contributed by atoms with van der Waals surface area (Å²) in [6.45, 7) is 7.12. The second-order valence-corrected chi connectivity index (χ2v) is 5.29. The molecular weight excluding hydrogens is 262 g/mol. The standard InChI is InChI=1S/C17H23N3O/c1-4-7-20-17(14-6-5-8-18-10-14)15-9-16(12-19-11-15)21-13(2)3/h5-6,8-13,17,20H,4,7H2,1-3H3. The molecule has 4 heteroatoms. The lowest BCUT2D eigenvalue weighted by atomic mass is 10.0. The number of pyridine rings is 2. The van der Waals surface area contributed by atoms with Gasteiger partial charge in [0.05, 0.1) is 18.3 Å². The van der Waals surface area contributed by atoms with E-state index in [0.717, 1.165) is 29.8 Å². The van der Waals surface area contributed by atoms with E-state index in [1.807, 2.05) is 38.4 Å². The Morgan fingerprint density at radius 1 is 1.14 bits per heavy atom. The lowest BCUT2D eigenvalue weighted by molar-refractivity contribution is 0.241. The summed E-state index contributed by atoms with van der Waals surface area (Å²) in [5, 5.41) is 3.55. The first-order valence-electron chi connectivity index (χ1n) is 7.45. The summed E-state index contributed by atoms with van der Waals surface area (Å²) < 4.78 is 5.74. The van der Waals surface area contributed by atoms with Crippen LogP contribution in [0.2, 0.25) is 0 Å². The van der Waals surface area contributed by atoms with Gasteiger partial charge in [-0.2, -0.15) is 0 Å². The van der Waals surface area contributed by atoms with Crippen molar-refractivity contribution in [3.8, 4) is 5.75 Å². The third-order valence-electron chi connectivity index (χ3n) is 3.06. The molecule has 0 aromatic carbocycles. The van der Waals surface area contributed by atoms with Gasteiger partial charge in [0.25, 0.3) is 0 Å². The van der Waals surface area contributed by atoms with Crippen LogP contribution < -0.4 is 10.1 Å². The highest BCUT2D eigenvalue weighted by Crippen LogP contribution is 2.24. The van der Waals surface area contributed by atoms with Crippen molar-refractivity contribution >= 4 is 0 Å². The number of ether oxygens (including phenoxy) is 1. The summed E-state index contributed by atoms with van der Waals surface area (Å²) in [5.41, 5.74) is 2.23. The fourth-order valence-corrected chi connectivity index (χ4v) is 2.19. The van der Waals surface area contributed by atoms with Crippen molar-refractivity contribution in [3.63, 3.8) is 0 Å². The molecule has 112 valence electrons. The smallest absolute Gasteiger partial charge is 0.138 e. The molecule has 2 aromatic heterocycles. The average molecular weight is 285 g/mol. The van der Waals surface area contributed by atoms with Crippen LogP contribution in [0.4, 0.5) is 0 Å². The van der Waals surface area contributed by atoms with Gasteiger partial charge in [-0.1, -0.05) is 13.0 Å². The Bertz CT molecular complexity index is 543. The van der Waals surface area contributed by atoms with E-state index in [1.54, 1.807) is 12.4 Å². The highest BCUT2D eigenvalue weighted by atomic mass is 16.5. The zero-order chi connectivity index (χ0) is 15.1. The van der Waals surface area contributed by atoms with Crippen LogP contribution in [0.15, 0.2) is 43.0 Å². The Kier molecular flexibility index (Phi) is 5.69. The maximum Gasteiger partial charge on any atom is 0.138 e. The van der Waals surface area contributed by atoms with Crippen LogP contribution in [0.3, 0.4) is 0 Å². The summed E-state index contributed by atoms with van der Waals surface area (Å²) in [5.74, 6) is 0.801. The number of hydrogen-bond donors (Lipinski definition) is 1. The molecule has 0 saturated carbocycles. The molecule has 0 aliphatic rings. The molecule has 21 heavy (non-hydrogen) atoms. The van der Waals surface area contributed by atoms with Gasteiger partial charge >= 0.3 is 0 Å². The average Bonchev–Trinajstić information content (AvgIpc) is 2.48. The van der Waals surface area contributed by atoms with E-state index in [-0.39, 0.29) is 12.1 Å². The van der Waals surface area contributed by atoms with Crippen LogP contribution in [0.25, 0.3) is 0 Å². The minimum Gasteiger partial charge on any atom is -0.489 e. The van der Waals surface area contributed by atoms with Crippen molar-refractivity contribution in [1.82, 2.24) is 15.3 Å². The van der Waals surface area contributed by atoms with Crippen molar-refractivity contribution in [2.45, 2.75) is 39.3 Å². The molecule has 1 unspecified atom stereocenters. The van der Waals surface area contributed by atoms with Crippen LogP contribution in [-0.4, -0.2) is 22.6 Å². The second-order valence-electron chi connectivity index (χ2n) is 5.29. The van der Waals surface area contributed by atoms with Gasteiger partial charge in [-0.15, -0.1) is 0 Å². The molecule has 0 radical (unpaired) electrons. The highest BCUT2D eigenvalue weighted by molar-refractivity contribution is 5.33. The van der Waals surface area contributed by atoms with Crippen LogP contribution >= 0.6 is 0 Å². The van der Waals surface area contributed by atoms with Gasteiger partial charge in [0.2, 0.25) is 0 Å². The Morgan fingerprint density at radius 2 is 1.95 bits per heavy atom. The highest BCUT2D eigenvalue weighted by Gasteiger charge is 2.14. The van der Waals surface area contributed by atoms with Gasteiger partial charge in [0, 0.05) is 18.6 Å². The Labute approximate surface area is 126 Å². The van der Waals surface area contributed by atoms with Gasteiger partial charge in [-0.3, -0.25) is 9.97 Å². The number of nitrogens with one attached hydrogen (secondary N) is 1. The van der Waals surface area contributed by atoms with Crippen molar-refractivity contribution < 1.29 is 4.74 Å². The van der Waals surface area contributed by atoms with Crippen LogP contribution in [0, 0.1) is 0 Å². The van der Waals surface area contributed by atoms with Gasteiger partial charge in [-0.25, -0.2) is 0 Å². The van der Waals surface area contributed by atoms with E-state index in [1.165, 1.54) is 0 Å². The van der Waals surface area contributed by atoms with Crippen LogP contribution in [-0.2, 0) is 0 Å². The Morgan fingerprint density at radius 3 is 2.62 bits per heavy atom. The van der Waals surface area contributed by atoms with Gasteiger partial charge in [-0.05, 0) is 50.1 Å². The zero-order valence-electron chi connectivity index (χ0n) is 12.9. The minimum atomic E-state index is 0.0851. The van der Waals surface area contributed by atoms with E-state index in [2.05, 4.69) is 28.3 Å². The predicted molar refractivity (Wildman–Crippen MR) is 84.4 cm³/mol. The first kappa shape index (κ1) is 15.4. The van der Waals surface area contributed by atoms with Crippen molar-refractivity contribution in [1.29, 1.82) is 0 Å². The molecule has 2 rings (SSSR count). The summed E-state index contributed by atoms with van der Waals surface area (Å²) in [6.07, 6.45) is 8.53. The first-order valence-corrected chi connectivity index (χ1v) is 7.45. The molecule has 0 saturated heterocycles. The molecule has 0 bridgehead atoms. The van der Waals surface area contributed by atoms with E-state index in [9.17, 15) is 0 Å². The third-order valence-corrected chi connectivity index (χ3v) is 3.06. The molecule has 0 fully saturated rings. The van der Waals surface area contributed by atoms with Crippen molar-refractivity contribution in [3.05, 3.63) is 54.1 Å². The fourth-order valence-electron chi connectivity index (χ4n) is 2.19. The second kappa shape index (κ2) is 7.74. The number of rotatable bonds is 7. The predicted octanol–water partition coefficient (Wildman–Crippen LogP) is 3.35. The Balaban J connectivity index is 2.28. The summed E-state index contributed by atoms with van der Waals surface area (Å²) in [7, 11) is 0. The van der Waals surface area contributed by atoms with E-state index >= 15 is 0 Å².